The van der Waals surface area contributed by atoms with Crippen molar-refractivity contribution in [3.05, 3.63) is 29.6 Å². The first-order chi connectivity index (χ1) is 11.2. The third-order valence-electron chi connectivity index (χ3n) is 5.83. The number of piperidine rings is 1. The van der Waals surface area contributed by atoms with Crippen molar-refractivity contribution in [2.45, 2.75) is 58.2 Å². The van der Waals surface area contributed by atoms with Gasteiger partial charge in [-0.3, -0.25) is 4.90 Å². The molecule has 0 bridgehead atoms. The minimum atomic E-state index is 0.219. The molecule has 4 heterocycles. The Morgan fingerprint density at radius 3 is 3.04 bits per heavy atom. The van der Waals surface area contributed by atoms with Crippen molar-refractivity contribution >= 4 is 11.0 Å². The van der Waals surface area contributed by atoms with Crippen LogP contribution in [0.2, 0.25) is 0 Å². The van der Waals surface area contributed by atoms with E-state index in [1.165, 1.54) is 36.0 Å². The Hall–Kier alpha value is -1.39. The number of aromatic amines is 1. The van der Waals surface area contributed by atoms with Crippen molar-refractivity contribution in [3.63, 3.8) is 0 Å². The Balaban J connectivity index is 1.70. The first-order valence-corrected chi connectivity index (χ1v) is 9.05. The van der Waals surface area contributed by atoms with E-state index in [4.69, 9.17) is 4.74 Å². The Kier molecular flexibility index (Phi) is 4.12. The largest absolute Gasteiger partial charge is 0.372 e. The average Bonchev–Trinajstić information content (AvgIpc) is 3.20. The summed E-state index contributed by atoms with van der Waals surface area (Å²) in [7, 11) is 0. The number of ether oxygens (including phenoxy) is 1. The lowest BCUT2D eigenvalue weighted by Crippen LogP contribution is -2.41. The summed E-state index contributed by atoms with van der Waals surface area (Å²) in [5.41, 5.74) is 3.67. The molecule has 2 aliphatic heterocycles. The highest BCUT2D eigenvalue weighted by Gasteiger charge is 2.29. The van der Waals surface area contributed by atoms with Crippen LogP contribution in [0.4, 0.5) is 0 Å². The second-order valence-electron chi connectivity index (χ2n) is 7.25. The van der Waals surface area contributed by atoms with E-state index in [1.807, 2.05) is 12.3 Å². The van der Waals surface area contributed by atoms with Gasteiger partial charge in [0.25, 0.3) is 0 Å². The zero-order valence-electron chi connectivity index (χ0n) is 14.2. The summed E-state index contributed by atoms with van der Waals surface area (Å²) in [5, 5.41) is 1.27. The van der Waals surface area contributed by atoms with Gasteiger partial charge in [0.1, 0.15) is 5.65 Å². The molecule has 0 aromatic carbocycles. The second kappa shape index (κ2) is 6.25. The molecule has 23 heavy (non-hydrogen) atoms. The molecule has 1 N–H and O–H groups in total. The fourth-order valence-corrected chi connectivity index (χ4v) is 4.19. The van der Waals surface area contributed by atoms with Crippen LogP contribution in [0.3, 0.4) is 0 Å². The predicted molar refractivity (Wildman–Crippen MR) is 92.3 cm³/mol. The van der Waals surface area contributed by atoms with Gasteiger partial charge in [-0.2, -0.15) is 0 Å². The number of nitrogens with one attached hydrogen (secondary N) is 1. The molecule has 0 spiro atoms. The molecule has 4 rings (SSSR count). The molecule has 2 saturated heterocycles. The highest BCUT2D eigenvalue weighted by molar-refractivity contribution is 5.81. The number of likely N-dealkylation sites (tertiary alicyclic amines) is 1. The summed E-state index contributed by atoms with van der Waals surface area (Å²) < 4.78 is 5.97. The Morgan fingerprint density at radius 2 is 2.22 bits per heavy atom. The number of fused-ring (bicyclic) bond motifs is 1. The first kappa shape index (κ1) is 15.2. The van der Waals surface area contributed by atoms with Crippen LogP contribution in [0.15, 0.2) is 18.3 Å². The van der Waals surface area contributed by atoms with E-state index < -0.39 is 0 Å². The zero-order valence-corrected chi connectivity index (χ0v) is 14.2. The molecule has 4 nitrogen and oxygen atoms in total. The van der Waals surface area contributed by atoms with Crippen LogP contribution in [-0.4, -0.2) is 34.1 Å². The number of hydrogen-bond donors (Lipinski definition) is 1. The molecule has 3 atom stereocenters. The van der Waals surface area contributed by atoms with Gasteiger partial charge in [-0.15, -0.1) is 0 Å². The van der Waals surface area contributed by atoms with E-state index in [1.54, 1.807) is 0 Å². The standard InChI is InChI=1S/C19H27N3O/c1-13-6-4-10-22(14(13)2)12-16-15-7-3-9-20-19(15)21-18(16)17-8-5-11-23-17/h3,7,9,13-14,17H,4-6,8,10-12H2,1-2H3,(H,20,21)/t13-,14+,17-/m1/s1. The third kappa shape index (κ3) is 2.79. The summed E-state index contributed by atoms with van der Waals surface area (Å²) in [4.78, 5) is 10.7. The summed E-state index contributed by atoms with van der Waals surface area (Å²) in [6.07, 6.45) is 7.02. The summed E-state index contributed by atoms with van der Waals surface area (Å²) in [6, 6.07) is 4.88. The maximum absolute atomic E-state index is 5.97. The van der Waals surface area contributed by atoms with Gasteiger partial charge < -0.3 is 9.72 Å². The minimum Gasteiger partial charge on any atom is -0.372 e. The van der Waals surface area contributed by atoms with E-state index in [0.29, 0.717) is 6.04 Å². The Morgan fingerprint density at radius 1 is 1.30 bits per heavy atom. The molecule has 2 aromatic heterocycles. The number of H-pyrrole nitrogens is 1. The zero-order chi connectivity index (χ0) is 15.8. The topological polar surface area (TPSA) is 41.1 Å². The molecular formula is C19H27N3O. The van der Waals surface area contributed by atoms with Crippen LogP contribution in [0, 0.1) is 5.92 Å². The van der Waals surface area contributed by atoms with Crippen molar-refractivity contribution < 1.29 is 4.74 Å². The lowest BCUT2D eigenvalue weighted by atomic mass is 9.91. The fourth-order valence-electron chi connectivity index (χ4n) is 4.19. The molecule has 0 aliphatic carbocycles. The van der Waals surface area contributed by atoms with E-state index in [-0.39, 0.29) is 6.10 Å². The molecule has 124 valence electrons. The van der Waals surface area contributed by atoms with Crippen LogP contribution in [0.1, 0.15) is 56.9 Å². The quantitative estimate of drug-likeness (QED) is 0.930. The van der Waals surface area contributed by atoms with Crippen LogP contribution in [-0.2, 0) is 11.3 Å². The number of pyridine rings is 1. The minimum absolute atomic E-state index is 0.219. The highest BCUT2D eigenvalue weighted by Crippen LogP contribution is 2.35. The molecule has 0 radical (unpaired) electrons. The predicted octanol–water partition coefficient (Wildman–Crippen LogP) is 4.03. The van der Waals surface area contributed by atoms with Gasteiger partial charge in [0, 0.05) is 30.8 Å². The maximum atomic E-state index is 5.97. The summed E-state index contributed by atoms with van der Waals surface area (Å²) >= 11 is 0. The average molecular weight is 313 g/mol. The van der Waals surface area contributed by atoms with Gasteiger partial charge >= 0.3 is 0 Å². The highest BCUT2D eigenvalue weighted by atomic mass is 16.5. The van der Waals surface area contributed by atoms with Gasteiger partial charge in [-0.1, -0.05) is 6.92 Å². The fraction of sp³-hybridized carbons (Fsp3) is 0.632. The lowest BCUT2D eigenvalue weighted by Gasteiger charge is -2.38. The second-order valence-corrected chi connectivity index (χ2v) is 7.25. The van der Waals surface area contributed by atoms with Crippen LogP contribution in [0.5, 0.6) is 0 Å². The van der Waals surface area contributed by atoms with Crippen molar-refractivity contribution in [1.29, 1.82) is 0 Å². The van der Waals surface area contributed by atoms with Crippen LogP contribution < -0.4 is 0 Å². The molecule has 0 amide bonds. The number of hydrogen-bond acceptors (Lipinski definition) is 3. The summed E-state index contributed by atoms with van der Waals surface area (Å²) in [6.45, 7) is 7.84. The molecule has 2 aliphatic rings. The van der Waals surface area contributed by atoms with E-state index in [0.717, 1.165) is 37.6 Å². The van der Waals surface area contributed by atoms with Gasteiger partial charge in [0.2, 0.25) is 0 Å². The van der Waals surface area contributed by atoms with Gasteiger partial charge in [0.05, 0.1) is 11.8 Å². The van der Waals surface area contributed by atoms with Crippen molar-refractivity contribution in [3.8, 4) is 0 Å². The SMILES string of the molecule is C[C@@H]1CCCN(Cc2c([C@H]3CCCO3)[nH]c3ncccc23)[C@H]1C. The molecular weight excluding hydrogens is 286 g/mol. The monoisotopic (exact) mass is 313 g/mol. The number of aromatic nitrogens is 2. The summed E-state index contributed by atoms with van der Waals surface area (Å²) in [5.74, 6) is 0.776. The molecule has 2 aromatic rings. The van der Waals surface area contributed by atoms with Crippen molar-refractivity contribution in [1.82, 2.24) is 14.9 Å². The Bertz CT molecular complexity index is 674. The first-order valence-electron chi connectivity index (χ1n) is 9.05. The molecule has 2 fully saturated rings. The van der Waals surface area contributed by atoms with Gasteiger partial charge in [-0.05, 0) is 62.8 Å². The van der Waals surface area contributed by atoms with Crippen LogP contribution >= 0.6 is 0 Å². The molecule has 0 unspecified atom stereocenters. The van der Waals surface area contributed by atoms with E-state index >= 15 is 0 Å². The Labute approximate surface area is 138 Å². The maximum Gasteiger partial charge on any atom is 0.137 e. The van der Waals surface area contributed by atoms with Gasteiger partial charge in [0.15, 0.2) is 0 Å². The molecule has 0 saturated carbocycles. The van der Waals surface area contributed by atoms with Crippen molar-refractivity contribution in [2.75, 3.05) is 13.2 Å². The van der Waals surface area contributed by atoms with E-state index in [9.17, 15) is 0 Å². The third-order valence-corrected chi connectivity index (χ3v) is 5.83. The number of nitrogens with zero attached hydrogens (tertiary/aromatic N) is 2. The number of rotatable bonds is 3. The lowest BCUT2D eigenvalue weighted by molar-refractivity contribution is 0.0965. The van der Waals surface area contributed by atoms with Crippen molar-refractivity contribution in [2.24, 2.45) is 5.92 Å². The van der Waals surface area contributed by atoms with Crippen LogP contribution in [0.25, 0.3) is 11.0 Å². The molecule has 4 heteroatoms. The van der Waals surface area contributed by atoms with Gasteiger partial charge in [-0.25, -0.2) is 4.98 Å². The normalized spacial score (nSPS) is 29.4. The van der Waals surface area contributed by atoms with E-state index in [2.05, 4.69) is 34.8 Å². The smallest absolute Gasteiger partial charge is 0.137 e.